The van der Waals surface area contributed by atoms with Gasteiger partial charge in [-0.2, -0.15) is 0 Å². The predicted octanol–water partition coefficient (Wildman–Crippen LogP) is 2.66. The Bertz CT molecular complexity index is 1240. The highest BCUT2D eigenvalue weighted by Crippen LogP contribution is 2.30. The molecule has 32 heavy (non-hydrogen) atoms. The van der Waals surface area contributed by atoms with E-state index in [1.54, 1.807) is 32.2 Å². The molecule has 0 spiro atoms. The molecular weight excluding hydrogens is 432 g/mol. The van der Waals surface area contributed by atoms with Crippen molar-refractivity contribution < 1.29 is 19.1 Å². The molecule has 0 radical (unpaired) electrons. The Kier molecular flexibility index (Phi) is 6.13. The van der Waals surface area contributed by atoms with Crippen LogP contribution >= 0.6 is 11.3 Å². The number of likely N-dealkylation sites (tertiary alicyclic amines) is 1. The molecule has 1 N–H and O–H groups in total. The van der Waals surface area contributed by atoms with Crippen LogP contribution in [0.5, 0.6) is 11.5 Å². The summed E-state index contributed by atoms with van der Waals surface area (Å²) in [5, 5.41) is 3.13. The number of fused-ring (bicyclic) bond motifs is 1. The Morgan fingerprint density at radius 1 is 1.19 bits per heavy atom. The predicted molar refractivity (Wildman–Crippen MR) is 122 cm³/mol. The van der Waals surface area contributed by atoms with Crippen molar-refractivity contribution in [3.8, 4) is 11.5 Å². The zero-order valence-electron chi connectivity index (χ0n) is 18.1. The number of rotatable bonds is 6. The highest BCUT2D eigenvalue weighted by atomic mass is 32.1. The Morgan fingerprint density at radius 2 is 1.94 bits per heavy atom. The number of aromatic nitrogens is 2. The summed E-state index contributed by atoms with van der Waals surface area (Å²) in [7, 11) is 3.03. The number of aryl methyl sites for hydroxylation is 1. The van der Waals surface area contributed by atoms with Gasteiger partial charge in [0.05, 0.1) is 36.5 Å². The molecule has 9 nitrogen and oxygen atoms in total. The van der Waals surface area contributed by atoms with Crippen LogP contribution in [0.25, 0.3) is 10.2 Å². The van der Waals surface area contributed by atoms with Gasteiger partial charge in [0.25, 0.3) is 11.5 Å². The molecule has 1 aliphatic heterocycles. The van der Waals surface area contributed by atoms with Crippen molar-refractivity contribution in [1.82, 2.24) is 14.5 Å². The molecule has 168 valence electrons. The topological polar surface area (TPSA) is 103 Å². The minimum Gasteiger partial charge on any atom is -0.497 e. The van der Waals surface area contributed by atoms with Crippen molar-refractivity contribution in [2.45, 2.75) is 26.3 Å². The fourth-order valence-corrected chi connectivity index (χ4v) is 4.89. The molecule has 0 aliphatic carbocycles. The fourth-order valence-electron chi connectivity index (χ4n) is 3.79. The van der Waals surface area contributed by atoms with E-state index in [-0.39, 0.29) is 18.0 Å². The second kappa shape index (κ2) is 8.99. The molecule has 3 heterocycles. The minimum atomic E-state index is -0.405. The summed E-state index contributed by atoms with van der Waals surface area (Å²) in [5.41, 5.74) is 0.734. The number of methoxy groups -OCH3 is 2. The first-order valence-electron chi connectivity index (χ1n) is 10.2. The van der Waals surface area contributed by atoms with E-state index < -0.39 is 5.91 Å². The molecule has 1 saturated heterocycles. The van der Waals surface area contributed by atoms with Crippen molar-refractivity contribution >= 4 is 39.1 Å². The average Bonchev–Trinajstić information content (AvgIpc) is 3.44. The standard InChI is InChI=1S/C22H24N4O5S/c1-13-18-20(32-19(13)22(29)25-8-4-5-9-25)23-12-26(21(18)28)11-17(27)24-15-7-6-14(30-2)10-16(15)31-3/h6-7,10,12H,4-5,8-9,11H2,1-3H3,(H,24,27). The number of carbonyl (C=O) groups is 2. The van der Waals surface area contributed by atoms with Gasteiger partial charge < -0.3 is 19.7 Å². The molecule has 2 amide bonds. The molecule has 1 aliphatic rings. The van der Waals surface area contributed by atoms with E-state index in [2.05, 4.69) is 10.3 Å². The van der Waals surface area contributed by atoms with E-state index in [0.717, 1.165) is 25.9 Å². The van der Waals surface area contributed by atoms with Gasteiger partial charge in [0.15, 0.2) is 0 Å². The summed E-state index contributed by atoms with van der Waals surface area (Å²) >= 11 is 1.23. The summed E-state index contributed by atoms with van der Waals surface area (Å²) < 4.78 is 11.7. The first-order chi connectivity index (χ1) is 15.4. The number of benzene rings is 1. The van der Waals surface area contributed by atoms with Crippen LogP contribution in [0, 0.1) is 6.92 Å². The van der Waals surface area contributed by atoms with E-state index in [4.69, 9.17) is 9.47 Å². The molecule has 0 saturated carbocycles. The van der Waals surface area contributed by atoms with Gasteiger partial charge in [0, 0.05) is 19.2 Å². The van der Waals surface area contributed by atoms with Crippen LogP contribution in [0.4, 0.5) is 5.69 Å². The second-order valence-electron chi connectivity index (χ2n) is 7.53. The van der Waals surface area contributed by atoms with Gasteiger partial charge in [-0.25, -0.2) is 4.98 Å². The zero-order chi connectivity index (χ0) is 22.8. The lowest BCUT2D eigenvalue weighted by Gasteiger charge is -2.14. The third-order valence-electron chi connectivity index (χ3n) is 5.50. The van der Waals surface area contributed by atoms with Crippen LogP contribution in [0.2, 0.25) is 0 Å². The molecule has 0 bridgehead atoms. The van der Waals surface area contributed by atoms with E-state index in [0.29, 0.717) is 37.8 Å². The third-order valence-corrected chi connectivity index (χ3v) is 6.69. The maximum atomic E-state index is 13.1. The van der Waals surface area contributed by atoms with Crippen molar-refractivity contribution in [3.63, 3.8) is 0 Å². The maximum absolute atomic E-state index is 13.1. The van der Waals surface area contributed by atoms with Gasteiger partial charge in [-0.05, 0) is 37.5 Å². The molecule has 3 aromatic rings. The molecule has 0 atom stereocenters. The van der Waals surface area contributed by atoms with Crippen molar-refractivity contribution in [3.05, 3.63) is 45.3 Å². The highest BCUT2D eigenvalue weighted by Gasteiger charge is 2.25. The number of thiophene rings is 1. The average molecular weight is 457 g/mol. The normalized spacial score (nSPS) is 13.4. The molecule has 1 fully saturated rings. The molecule has 2 aromatic heterocycles. The zero-order valence-corrected chi connectivity index (χ0v) is 19.0. The third kappa shape index (κ3) is 4.05. The van der Waals surface area contributed by atoms with E-state index in [1.165, 1.54) is 29.3 Å². The Balaban J connectivity index is 1.58. The van der Waals surface area contributed by atoms with Crippen LogP contribution in [-0.2, 0) is 11.3 Å². The first-order valence-corrected chi connectivity index (χ1v) is 11.0. The lowest BCUT2D eigenvalue weighted by Crippen LogP contribution is -2.28. The summed E-state index contributed by atoms with van der Waals surface area (Å²) in [4.78, 5) is 45.7. The summed E-state index contributed by atoms with van der Waals surface area (Å²) in [6.07, 6.45) is 3.33. The van der Waals surface area contributed by atoms with Gasteiger partial charge in [-0.1, -0.05) is 0 Å². The maximum Gasteiger partial charge on any atom is 0.264 e. The van der Waals surface area contributed by atoms with Crippen molar-refractivity contribution in [2.24, 2.45) is 0 Å². The summed E-state index contributed by atoms with van der Waals surface area (Å²) in [6.45, 7) is 3.01. The van der Waals surface area contributed by atoms with Gasteiger partial charge in [-0.15, -0.1) is 11.3 Å². The van der Waals surface area contributed by atoms with Gasteiger partial charge in [-0.3, -0.25) is 19.0 Å². The van der Waals surface area contributed by atoms with Gasteiger partial charge in [0.1, 0.15) is 22.9 Å². The van der Waals surface area contributed by atoms with Crippen LogP contribution in [0.3, 0.4) is 0 Å². The van der Waals surface area contributed by atoms with Crippen LogP contribution in [-0.4, -0.2) is 53.6 Å². The smallest absolute Gasteiger partial charge is 0.264 e. The number of amides is 2. The highest BCUT2D eigenvalue weighted by molar-refractivity contribution is 7.20. The largest absolute Gasteiger partial charge is 0.497 e. The first kappa shape index (κ1) is 21.8. The number of hydrogen-bond acceptors (Lipinski definition) is 7. The van der Waals surface area contributed by atoms with E-state index in [9.17, 15) is 14.4 Å². The molecule has 0 unspecified atom stereocenters. The monoisotopic (exact) mass is 456 g/mol. The molecule has 10 heteroatoms. The lowest BCUT2D eigenvalue weighted by atomic mass is 10.2. The number of carbonyl (C=O) groups excluding carboxylic acids is 2. The van der Waals surface area contributed by atoms with Crippen LogP contribution < -0.4 is 20.3 Å². The van der Waals surface area contributed by atoms with E-state index >= 15 is 0 Å². The molecule has 4 rings (SSSR count). The number of hydrogen-bond donors (Lipinski definition) is 1. The summed E-state index contributed by atoms with van der Waals surface area (Å²) in [6, 6.07) is 5.02. The lowest BCUT2D eigenvalue weighted by molar-refractivity contribution is -0.116. The van der Waals surface area contributed by atoms with E-state index in [1.807, 2.05) is 4.90 Å². The van der Waals surface area contributed by atoms with Crippen molar-refractivity contribution in [1.29, 1.82) is 0 Å². The summed E-state index contributed by atoms with van der Waals surface area (Å²) in [5.74, 6) is 0.576. The van der Waals surface area contributed by atoms with Gasteiger partial charge >= 0.3 is 0 Å². The Hall–Kier alpha value is -3.40. The molecule has 1 aromatic carbocycles. The Labute approximate surface area is 188 Å². The molecular formula is C22H24N4O5S. The number of anilines is 1. The SMILES string of the molecule is COc1ccc(NC(=O)Cn2cnc3sc(C(=O)N4CCCC4)c(C)c3c2=O)c(OC)c1. The number of ether oxygens (including phenoxy) is 2. The Morgan fingerprint density at radius 3 is 2.62 bits per heavy atom. The van der Waals surface area contributed by atoms with Crippen molar-refractivity contribution in [2.75, 3.05) is 32.6 Å². The van der Waals surface area contributed by atoms with Crippen LogP contribution in [0.1, 0.15) is 28.1 Å². The number of nitrogens with one attached hydrogen (secondary N) is 1. The van der Waals surface area contributed by atoms with Gasteiger partial charge in [0.2, 0.25) is 5.91 Å². The quantitative estimate of drug-likeness (QED) is 0.612. The second-order valence-corrected chi connectivity index (χ2v) is 8.53. The van der Waals surface area contributed by atoms with Crippen LogP contribution in [0.15, 0.2) is 29.3 Å². The number of nitrogens with zero attached hydrogens (tertiary/aromatic N) is 3. The fraction of sp³-hybridized carbons (Fsp3) is 0.364. The minimum absolute atomic E-state index is 0.0571.